The Balaban J connectivity index is 1.94. The smallest absolute Gasteiger partial charge is 0.286 e. The van der Waals surface area contributed by atoms with Gasteiger partial charge in [0.25, 0.3) is 5.91 Å². The van der Waals surface area contributed by atoms with Crippen molar-refractivity contribution in [3.63, 3.8) is 0 Å². The average Bonchev–Trinajstić information content (AvgIpc) is 2.92. The van der Waals surface area contributed by atoms with Crippen LogP contribution in [0.25, 0.3) is 10.2 Å². The maximum atomic E-state index is 12.4. The van der Waals surface area contributed by atoms with Crippen molar-refractivity contribution in [1.29, 1.82) is 0 Å². The molecule has 0 fully saturated rings. The molecule has 0 spiro atoms. The Labute approximate surface area is 157 Å². The van der Waals surface area contributed by atoms with Gasteiger partial charge in [0.1, 0.15) is 5.75 Å². The Morgan fingerprint density at radius 1 is 1.23 bits per heavy atom. The third-order valence-corrected chi connectivity index (χ3v) is 5.32. The summed E-state index contributed by atoms with van der Waals surface area (Å²) in [6.07, 6.45) is 1.82. The van der Waals surface area contributed by atoms with E-state index in [2.05, 4.69) is 37.6 Å². The van der Waals surface area contributed by atoms with Crippen LogP contribution in [0, 0.1) is 20.8 Å². The predicted molar refractivity (Wildman–Crippen MR) is 107 cm³/mol. The van der Waals surface area contributed by atoms with Crippen molar-refractivity contribution in [2.45, 2.75) is 27.3 Å². The highest BCUT2D eigenvalue weighted by Gasteiger charge is 2.10. The molecule has 3 aromatic rings. The van der Waals surface area contributed by atoms with Gasteiger partial charge in [-0.15, -0.1) is 6.58 Å². The second-order valence-corrected chi connectivity index (χ2v) is 7.25. The quantitative estimate of drug-likeness (QED) is 0.631. The largest absolute Gasteiger partial charge is 0.483 e. The topological polar surface area (TPSA) is 43.6 Å². The molecule has 4 nitrogen and oxygen atoms in total. The van der Waals surface area contributed by atoms with E-state index in [9.17, 15) is 4.79 Å². The van der Waals surface area contributed by atoms with Gasteiger partial charge in [-0.3, -0.25) is 4.79 Å². The Bertz CT molecular complexity index is 1040. The number of aromatic nitrogens is 1. The average molecular weight is 366 g/mol. The second kappa shape index (κ2) is 7.70. The summed E-state index contributed by atoms with van der Waals surface area (Å²) in [6, 6.07) is 11.9. The SMILES string of the molecule is C=CCn1c(=NC(=O)COc2ccccc2C)sc2c(C)cc(C)cc21. The molecule has 134 valence electrons. The number of allylic oxidation sites excluding steroid dienone is 1. The lowest BCUT2D eigenvalue weighted by molar-refractivity contribution is -0.120. The molecule has 0 atom stereocenters. The van der Waals surface area contributed by atoms with Crippen LogP contribution in [0.4, 0.5) is 0 Å². The van der Waals surface area contributed by atoms with Gasteiger partial charge in [0.15, 0.2) is 11.4 Å². The van der Waals surface area contributed by atoms with Crippen LogP contribution < -0.4 is 9.54 Å². The Morgan fingerprint density at radius 2 is 2.00 bits per heavy atom. The van der Waals surface area contributed by atoms with Crippen LogP contribution in [-0.4, -0.2) is 17.1 Å². The highest BCUT2D eigenvalue weighted by molar-refractivity contribution is 7.16. The molecule has 1 aromatic heterocycles. The van der Waals surface area contributed by atoms with Gasteiger partial charge in [-0.2, -0.15) is 4.99 Å². The van der Waals surface area contributed by atoms with E-state index in [-0.39, 0.29) is 12.5 Å². The van der Waals surface area contributed by atoms with Crippen molar-refractivity contribution in [3.05, 3.63) is 70.5 Å². The summed E-state index contributed by atoms with van der Waals surface area (Å²) in [5.74, 6) is 0.407. The van der Waals surface area contributed by atoms with Crippen molar-refractivity contribution in [2.75, 3.05) is 6.61 Å². The Kier molecular flexibility index (Phi) is 5.38. The standard InChI is InChI=1S/C21H22N2O2S/c1-5-10-23-17-12-14(2)11-16(4)20(17)26-21(23)22-19(24)13-25-18-9-7-6-8-15(18)3/h5-9,11-12H,1,10,13H2,2-4H3. The van der Waals surface area contributed by atoms with Gasteiger partial charge in [0, 0.05) is 6.54 Å². The molecular formula is C21H22N2O2S. The number of rotatable bonds is 5. The zero-order chi connectivity index (χ0) is 18.7. The molecule has 0 aliphatic carbocycles. The number of para-hydroxylation sites is 1. The lowest BCUT2D eigenvalue weighted by atomic mass is 10.1. The van der Waals surface area contributed by atoms with Crippen molar-refractivity contribution in [3.8, 4) is 5.75 Å². The number of amides is 1. The maximum absolute atomic E-state index is 12.4. The number of nitrogens with zero attached hydrogens (tertiary/aromatic N) is 2. The molecule has 1 heterocycles. The van der Waals surface area contributed by atoms with E-state index in [4.69, 9.17) is 4.74 Å². The van der Waals surface area contributed by atoms with Gasteiger partial charge in [-0.05, 0) is 49.6 Å². The number of fused-ring (bicyclic) bond motifs is 1. The monoisotopic (exact) mass is 366 g/mol. The number of hydrogen-bond acceptors (Lipinski definition) is 3. The number of hydrogen-bond donors (Lipinski definition) is 0. The molecule has 0 aliphatic rings. The third-order valence-electron chi connectivity index (χ3n) is 4.09. The summed E-state index contributed by atoms with van der Waals surface area (Å²) in [5, 5.41) is 0. The maximum Gasteiger partial charge on any atom is 0.286 e. The van der Waals surface area contributed by atoms with Crippen molar-refractivity contribution >= 4 is 27.5 Å². The van der Waals surface area contributed by atoms with E-state index in [1.807, 2.05) is 41.8 Å². The number of aryl methyl sites for hydroxylation is 3. The predicted octanol–water partition coefficient (Wildman–Crippen LogP) is 4.32. The zero-order valence-corrected chi connectivity index (χ0v) is 16.1. The highest BCUT2D eigenvalue weighted by Crippen LogP contribution is 2.23. The lowest BCUT2D eigenvalue weighted by Gasteiger charge is -2.06. The van der Waals surface area contributed by atoms with Crippen LogP contribution >= 0.6 is 11.3 Å². The normalized spacial score (nSPS) is 11.7. The first-order valence-electron chi connectivity index (χ1n) is 8.47. The number of thiazole rings is 1. The van der Waals surface area contributed by atoms with Crippen LogP contribution in [0.15, 0.2) is 54.0 Å². The fourth-order valence-corrected chi connectivity index (χ4v) is 4.01. The number of carbonyl (C=O) groups is 1. The van der Waals surface area contributed by atoms with Crippen LogP contribution in [-0.2, 0) is 11.3 Å². The molecule has 0 saturated heterocycles. The Morgan fingerprint density at radius 3 is 2.73 bits per heavy atom. The molecule has 0 aliphatic heterocycles. The summed E-state index contributed by atoms with van der Waals surface area (Å²) < 4.78 is 8.79. The molecule has 0 radical (unpaired) electrons. The number of ether oxygens (including phenoxy) is 1. The van der Waals surface area contributed by atoms with Gasteiger partial charge >= 0.3 is 0 Å². The van der Waals surface area contributed by atoms with E-state index in [0.29, 0.717) is 17.1 Å². The van der Waals surface area contributed by atoms with Crippen molar-refractivity contribution < 1.29 is 9.53 Å². The summed E-state index contributed by atoms with van der Waals surface area (Å²) >= 11 is 1.52. The van der Waals surface area contributed by atoms with Gasteiger partial charge < -0.3 is 9.30 Å². The summed E-state index contributed by atoms with van der Waals surface area (Å²) in [4.78, 5) is 17.3. The lowest BCUT2D eigenvalue weighted by Crippen LogP contribution is -2.19. The minimum Gasteiger partial charge on any atom is -0.483 e. The zero-order valence-electron chi connectivity index (χ0n) is 15.3. The molecule has 1 amide bonds. The molecule has 5 heteroatoms. The van der Waals surface area contributed by atoms with Crippen molar-refractivity contribution in [1.82, 2.24) is 4.57 Å². The van der Waals surface area contributed by atoms with Crippen LogP contribution in [0.5, 0.6) is 5.75 Å². The van der Waals surface area contributed by atoms with Gasteiger partial charge in [-0.1, -0.05) is 41.7 Å². The molecule has 0 N–H and O–H groups in total. The van der Waals surface area contributed by atoms with E-state index in [1.54, 1.807) is 0 Å². The highest BCUT2D eigenvalue weighted by atomic mass is 32.1. The number of carbonyl (C=O) groups excluding carboxylic acids is 1. The molecule has 2 aromatic carbocycles. The van der Waals surface area contributed by atoms with E-state index >= 15 is 0 Å². The fourth-order valence-electron chi connectivity index (χ4n) is 2.90. The van der Waals surface area contributed by atoms with Gasteiger partial charge in [0.2, 0.25) is 0 Å². The van der Waals surface area contributed by atoms with Crippen LogP contribution in [0.1, 0.15) is 16.7 Å². The molecule has 0 saturated carbocycles. The van der Waals surface area contributed by atoms with Crippen LogP contribution in [0.3, 0.4) is 0 Å². The Hall–Kier alpha value is -2.66. The summed E-state index contributed by atoms with van der Waals surface area (Å²) in [6.45, 7) is 10.5. The summed E-state index contributed by atoms with van der Waals surface area (Å²) in [5.41, 5.74) is 4.45. The van der Waals surface area contributed by atoms with Crippen molar-refractivity contribution in [2.24, 2.45) is 4.99 Å². The fraction of sp³-hybridized carbons (Fsp3) is 0.238. The molecule has 0 bridgehead atoms. The van der Waals surface area contributed by atoms with E-state index in [0.717, 1.165) is 15.8 Å². The van der Waals surface area contributed by atoms with Crippen LogP contribution in [0.2, 0.25) is 0 Å². The van der Waals surface area contributed by atoms with E-state index < -0.39 is 0 Å². The van der Waals surface area contributed by atoms with Gasteiger partial charge in [-0.25, -0.2) is 0 Å². The first kappa shape index (κ1) is 18.1. The first-order chi connectivity index (χ1) is 12.5. The van der Waals surface area contributed by atoms with Gasteiger partial charge in [0.05, 0.1) is 10.2 Å². The third kappa shape index (κ3) is 3.78. The molecular weight excluding hydrogens is 344 g/mol. The minimum atomic E-state index is -0.299. The molecule has 0 unspecified atom stereocenters. The molecule has 26 heavy (non-hydrogen) atoms. The van der Waals surface area contributed by atoms with E-state index in [1.165, 1.54) is 22.5 Å². The molecule has 3 rings (SSSR count). The first-order valence-corrected chi connectivity index (χ1v) is 9.28. The second-order valence-electron chi connectivity index (χ2n) is 6.27. The number of benzene rings is 2. The summed E-state index contributed by atoms with van der Waals surface area (Å²) in [7, 11) is 0. The minimum absolute atomic E-state index is 0.0782.